The van der Waals surface area contributed by atoms with Gasteiger partial charge in [-0.15, -0.1) is 0 Å². The number of fused-ring (bicyclic) bond motifs is 2. The number of anilines is 1. The summed E-state index contributed by atoms with van der Waals surface area (Å²) in [4.78, 5) is 14.9. The number of carbonyl (C=O) groups excluding carboxylic acids is 1. The molecule has 75 heavy (non-hydrogen) atoms. The molecular formula is C62H85ClF2N8O2. The zero-order chi connectivity index (χ0) is 54.6. The molecule has 0 radical (unpaired) electrons. The summed E-state index contributed by atoms with van der Waals surface area (Å²) in [6.07, 6.45) is 13.6. The van der Waals surface area contributed by atoms with Crippen molar-refractivity contribution in [1.29, 1.82) is 0 Å². The predicted octanol–water partition coefficient (Wildman–Crippen LogP) is 12.5. The standard InChI is InChI=1S/C27H26ClF2N.C14H16N4.C13H25NO.C7H16N2.CH2O/c1-5-17-11-12-20(16(3)31)23(26(17)30)24-22-15(2)27(4,19-9-7-6-8-10-19)14-18(22)13-21(29)25(24)28;1-10-8-9-18(11(2)15-10)14-12-6-4-5-7-13(12)17(3)16-14;1-11-3-5-12(6-4-11)15-13-7-9-14(2)10-8-13;1-8-7-3-5-9(2)6-4-7;1-2/h6-13,15H,3,5,14,31H2,1-2,4H3;4-7,15H,1-2,8-9H2,3H3;11-13H,3-10H2,1-2H3;7-8H,3-6H2,1-2H3;1H2. The Kier molecular flexibility index (Phi) is 21.3. The van der Waals surface area contributed by atoms with Crippen LogP contribution >= 0.6 is 11.6 Å². The van der Waals surface area contributed by atoms with E-state index in [1.165, 1.54) is 83.6 Å². The van der Waals surface area contributed by atoms with E-state index in [9.17, 15) is 0 Å². The Hall–Kier alpha value is -5.37. The van der Waals surface area contributed by atoms with Crippen LogP contribution in [0, 0.1) is 17.6 Å². The summed E-state index contributed by atoms with van der Waals surface area (Å²) in [5.74, 6) is 1.76. The monoisotopic (exact) mass is 1050 g/mol. The number of aryl methyl sites for hydroxylation is 2. The Balaban J connectivity index is 0.000000176. The highest BCUT2D eigenvalue weighted by Crippen LogP contribution is 2.55. The van der Waals surface area contributed by atoms with Gasteiger partial charge in [0.2, 0.25) is 0 Å². The normalized spacial score (nSPS) is 22.3. The SMILES string of the molecule is C=C(N)c1ccc(CC)c(F)c1-c1c(Cl)c(F)cc2c1C(C)C(C)(c1ccccc1)C2.C=C1CCN(c2nn(C)c3ccccc23)C(=C)N1.C=O.CC1CCC(OC2CCN(C)CC2)CC1.CNC1CCN(C)CC1. The quantitative estimate of drug-likeness (QED) is 0.140. The van der Waals surface area contributed by atoms with Gasteiger partial charge in [0.1, 0.15) is 24.2 Å². The molecule has 3 aliphatic heterocycles. The molecule has 1 aromatic heterocycles. The molecule has 0 spiro atoms. The first-order valence-corrected chi connectivity index (χ1v) is 27.5. The van der Waals surface area contributed by atoms with Gasteiger partial charge >= 0.3 is 0 Å². The second kappa shape index (κ2) is 27.1. The van der Waals surface area contributed by atoms with E-state index in [0.29, 0.717) is 41.7 Å². The van der Waals surface area contributed by atoms with Crippen LogP contribution in [0.5, 0.6) is 0 Å². The number of halogens is 3. The van der Waals surface area contributed by atoms with E-state index in [1.807, 2.05) is 55.8 Å². The number of hydrogen-bond donors (Lipinski definition) is 3. The van der Waals surface area contributed by atoms with Gasteiger partial charge in [0.25, 0.3) is 0 Å². The number of nitrogens with one attached hydrogen (secondary N) is 2. The lowest BCUT2D eigenvalue weighted by Crippen LogP contribution is -2.39. The number of para-hydroxylation sites is 1. The van der Waals surface area contributed by atoms with Crippen LogP contribution in [0.25, 0.3) is 27.7 Å². The minimum atomic E-state index is -0.546. The average molecular weight is 1050 g/mol. The third-order valence-corrected chi connectivity index (χ3v) is 16.7. The Morgan fingerprint density at radius 1 is 0.853 bits per heavy atom. The number of nitrogens with zero attached hydrogens (tertiary/aromatic N) is 5. The van der Waals surface area contributed by atoms with Crippen molar-refractivity contribution in [2.45, 2.75) is 128 Å². The van der Waals surface area contributed by atoms with Gasteiger partial charge in [-0.1, -0.05) is 114 Å². The van der Waals surface area contributed by atoms with E-state index in [0.717, 1.165) is 69.9 Å². The molecule has 0 bridgehead atoms. The molecule has 10 nitrogen and oxygen atoms in total. The van der Waals surface area contributed by atoms with Gasteiger partial charge in [0.05, 0.1) is 22.7 Å². The number of likely N-dealkylation sites (tertiary alicyclic amines) is 2. The molecular weight excluding hydrogens is 962 g/mol. The Morgan fingerprint density at radius 3 is 2.05 bits per heavy atom. The first-order valence-electron chi connectivity index (χ1n) is 27.1. The number of carbonyl (C=O) groups is 1. The average Bonchev–Trinajstić information content (AvgIpc) is 3.91. The van der Waals surface area contributed by atoms with Crippen molar-refractivity contribution in [3.05, 3.63) is 149 Å². The lowest BCUT2D eigenvalue weighted by molar-refractivity contribution is -0.0980. The van der Waals surface area contributed by atoms with Crippen LogP contribution in [0.15, 0.2) is 104 Å². The third kappa shape index (κ3) is 14.2. The van der Waals surface area contributed by atoms with Gasteiger partial charge in [-0.25, -0.2) is 8.78 Å². The first-order chi connectivity index (χ1) is 35.9. The second-order valence-electron chi connectivity index (χ2n) is 21.6. The van der Waals surface area contributed by atoms with Crippen molar-refractivity contribution < 1.29 is 18.3 Å². The van der Waals surface area contributed by atoms with Crippen molar-refractivity contribution in [3.63, 3.8) is 0 Å². The van der Waals surface area contributed by atoms with Gasteiger partial charge in [-0.2, -0.15) is 5.10 Å². The minimum absolute atomic E-state index is 0.0124. The summed E-state index contributed by atoms with van der Waals surface area (Å²) in [5.41, 5.74) is 12.6. The van der Waals surface area contributed by atoms with Crippen molar-refractivity contribution >= 4 is 40.8 Å². The fourth-order valence-electron chi connectivity index (χ4n) is 11.4. The van der Waals surface area contributed by atoms with Crippen LogP contribution in [0.2, 0.25) is 5.02 Å². The maximum atomic E-state index is 15.7. The third-order valence-electron chi connectivity index (χ3n) is 16.3. The number of benzene rings is 4. The van der Waals surface area contributed by atoms with Crippen molar-refractivity contribution in [2.24, 2.45) is 18.7 Å². The largest absolute Gasteiger partial charge is 0.399 e. The molecule has 406 valence electrons. The van der Waals surface area contributed by atoms with Crippen LogP contribution in [-0.4, -0.2) is 98.5 Å². The lowest BCUT2D eigenvalue weighted by Gasteiger charge is -2.34. The zero-order valence-corrected chi connectivity index (χ0v) is 47.0. The molecule has 2 aliphatic carbocycles. The van der Waals surface area contributed by atoms with Crippen LogP contribution in [0.4, 0.5) is 14.6 Å². The van der Waals surface area contributed by atoms with E-state index in [1.54, 1.807) is 12.1 Å². The highest BCUT2D eigenvalue weighted by molar-refractivity contribution is 6.34. The molecule has 5 aromatic rings. The van der Waals surface area contributed by atoms with Crippen molar-refractivity contribution in [2.75, 3.05) is 58.8 Å². The molecule has 2 atom stereocenters. The maximum absolute atomic E-state index is 15.7. The highest BCUT2D eigenvalue weighted by Gasteiger charge is 2.44. The number of ether oxygens (including phenoxy) is 1. The fourth-order valence-corrected chi connectivity index (χ4v) is 11.7. The van der Waals surface area contributed by atoms with Crippen LogP contribution in [0.1, 0.15) is 119 Å². The van der Waals surface area contributed by atoms with Crippen LogP contribution in [-0.2, 0) is 34.8 Å². The van der Waals surface area contributed by atoms with Gasteiger partial charge < -0.3 is 40.6 Å². The molecule has 3 saturated heterocycles. The molecule has 0 amide bonds. The van der Waals surface area contributed by atoms with Crippen molar-refractivity contribution in [3.8, 4) is 11.1 Å². The molecule has 2 unspecified atom stereocenters. The fraction of sp³-hybridized carbons (Fsp3) is 0.484. The van der Waals surface area contributed by atoms with Crippen LogP contribution < -0.4 is 21.3 Å². The number of nitrogens with two attached hydrogens (primary N) is 1. The van der Waals surface area contributed by atoms with Crippen LogP contribution in [0.3, 0.4) is 0 Å². The maximum Gasteiger partial charge on any atom is 0.164 e. The Labute approximate surface area is 452 Å². The summed E-state index contributed by atoms with van der Waals surface area (Å²) in [5, 5.41) is 12.2. The molecule has 4 heterocycles. The highest BCUT2D eigenvalue weighted by atomic mass is 35.5. The van der Waals surface area contributed by atoms with E-state index in [4.69, 9.17) is 26.9 Å². The molecule has 4 N–H and O–H groups in total. The first kappa shape index (κ1) is 58.9. The summed E-state index contributed by atoms with van der Waals surface area (Å²) in [6.45, 7) is 28.1. The molecule has 4 fully saturated rings. The lowest BCUT2D eigenvalue weighted by atomic mass is 9.72. The van der Waals surface area contributed by atoms with Gasteiger partial charge in [-0.05, 0) is 151 Å². The number of aromatic nitrogens is 2. The minimum Gasteiger partial charge on any atom is -0.399 e. The molecule has 5 aliphatic rings. The summed E-state index contributed by atoms with van der Waals surface area (Å²) >= 11 is 6.55. The van der Waals surface area contributed by atoms with E-state index in [-0.39, 0.29) is 27.6 Å². The topological polar surface area (TPSA) is 104 Å². The molecule has 10 rings (SSSR count). The van der Waals surface area contributed by atoms with Crippen molar-refractivity contribution in [1.82, 2.24) is 30.2 Å². The number of piperidine rings is 2. The molecule has 1 saturated carbocycles. The molecule has 13 heteroatoms. The Bertz CT molecular complexity index is 2690. The molecule has 4 aromatic carbocycles. The van der Waals surface area contributed by atoms with Gasteiger partial charge in [0, 0.05) is 78.0 Å². The number of hydrogen-bond acceptors (Lipinski definition) is 9. The van der Waals surface area contributed by atoms with E-state index < -0.39 is 11.6 Å². The zero-order valence-electron chi connectivity index (χ0n) is 46.2. The Morgan fingerprint density at radius 2 is 1.45 bits per heavy atom. The van der Waals surface area contributed by atoms with Gasteiger partial charge in [0.15, 0.2) is 5.82 Å². The van der Waals surface area contributed by atoms with Gasteiger partial charge in [-0.3, -0.25) is 4.68 Å². The van der Waals surface area contributed by atoms with E-state index >= 15 is 8.78 Å². The second-order valence-corrected chi connectivity index (χ2v) is 21.9. The summed E-state index contributed by atoms with van der Waals surface area (Å²) in [6, 6.07) is 24.1. The smallest absolute Gasteiger partial charge is 0.164 e. The predicted molar refractivity (Wildman–Crippen MR) is 309 cm³/mol. The number of rotatable bonds is 8. The summed E-state index contributed by atoms with van der Waals surface area (Å²) in [7, 11) is 8.41. The van der Waals surface area contributed by atoms with E-state index in [2.05, 4.69) is 116 Å². The summed E-state index contributed by atoms with van der Waals surface area (Å²) < 4.78 is 38.9.